The minimum absolute atomic E-state index is 0.0696. The Labute approximate surface area is 146 Å². The summed E-state index contributed by atoms with van der Waals surface area (Å²) in [6, 6.07) is 13.0. The van der Waals surface area contributed by atoms with Crippen molar-refractivity contribution in [1.82, 2.24) is 4.90 Å². The van der Waals surface area contributed by atoms with E-state index in [9.17, 15) is 4.79 Å². The second-order valence-corrected chi connectivity index (χ2v) is 5.99. The minimum atomic E-state index is -0.0696. The normalized spacial score (nSPS) is 12.5. The first-order valence-corrected chi connectivity index (χ1v) is 8.18. The molecule has 0 spiro atoms. The van der Waals surface area contributed by atoms with Crippen LogP contribution in [0.1, 0.15) is 12.5 Å². The number of rotatable bonds is 6. The summed E-state index contributed by atoms with van der Waals surface area (Å²) in [5.41, 5.74) is 1.78. The highest BCUT2D eigenvalue weighted by molar-refractivity contribution is 6.30. The van der Waals surface area contributed by atoms with Crippen LogP contribution in [0.5, 0.6) is 11.5 Å². The van der Waals surface area contributed by atoms with Crippen LogP contribution in [0, 0.1) is 0 Å². The van der Waals surface area contributed by atoms with Crippen molar-refractivity contribution >= 4 is 23.2 Å². The van der Waals surface area contributed by atoms with Crippen molar-refractivity contribution in [2.45, 2.75) is 13.5 Å². The summed E-state index contributed by atoms with van der Waals surface area (Å²) in [6.07, 6.45) is 0. The number of anilines is 1. The van der Waals surface area contributed by atoms with Crippen molar-refractivity contribution in [3.63, 3.8) is 0 Å². The van der Waals surface area contributed by atoms with Crippen LogP contribution >= 0.6 is 11.6 Å². The molecule has 0 saturated heterocycles. The van der Waals surface area contributed by atoms with Crippen LogP contribution in [-0.2, 0) is 11.3 Å². The van der Waals surface area contributed by atoms with E-state index in [2.05, 4.69) is 10.2 Å². The molecule has 0 saturated carbocycles. The van der Waals surface area contributed by atoms with E-state index in [0.29, 0.717) is 23.8 Å². The molecule has 126 valence electrons. The SMILES string of the molecule is CCN(CC(=O)Nc1cccc(Cl)c1)Cc1ccc2c(c1)OCO2. The molecule has 5 nitrogen and oxygen atoms in total. The van der Waals surface area contributed by atoms with Crippen molar-refractivity contribution < 1.29 is 14.3 Å². The van der Waals surface area contributed by atoms with Crippen LogP contribution in [0.2, 0.25) is 5.02 Å². The van der Waals surface area contributed by atoms with Crippen molar-refractivity contribution in [3.8, 4) is 11.5 Å². The molecule has 2 aromatic carbocycles. The van der Waals surface area contributed by atoms with Gasteiger partial charge in [-0.15, -0.1) is 0 Å². The number of nitrogens with one attached hydrogen (secondary N) is 1. The van der Waals surface area contributed by atoms with Crippen LogP contribution in [0.3, 0.4) is 0 Å². The minimum Gasteiger partial charge on any atom is -0.454 e. The van der Waals surface area contributed by atoms with Crippen LogP contribution < -0.4 is 14.8 Å². The Bertz CT molecular complexity index is 736. The number of likely N-dealkylation sites (N-methyl/N-ethyl adjacent to an activating group) is 1. The highest BCUT2D eigenvalue weighted by Crippen LogP contribution is 2.32. The highest BCUT2D eigenvalue weighted by atomic mass is 35.5. The zero-order valence-corrected chi connectivity index (χ0v) is 14.2. The van der Waals surface area contributed by atoms with Crippen LogP contribution in [0.25, 0.3) is 0 Å². The van der Waals surface area contributed by atoms with Gasteiger partial charge in [0.05, 0.1) is 6.54 Å². The van der Waals surface area contributed by atoms with Crippen molar-refractivity contribution in [2.75, 3.05) is 25.2 Å². The molecule has 24 heavy (non-hydrogen) atoms. The Hall–Kier alpha value is -2.24. The second-order valence-electron chi connectivity index (χ2n) is 5.55. The van der Waals surface area contributed by atoms with Gasteiger partial charge in [0.1, 0.15) is 0 Å². The number of benzene rings is 2. The average molecular weight is 347 g/mol. The number of amides is 1. The Morgan fingerprint density at radius 3 is 2.83 bits per heavy atom. The number of hydrogen-bond acceptors (Lipinski definition) is 4. The molecule has 2 aromatic rings. The van der Waals surface area contributed by atoms with Crippen molar-refractivity contribution in [1.29, 1.82) is 0 Å². The fraction of sp³-hybridized carbons (Fsp3) is 0.278. The number of fused-ring (bicyclic) bond motifs is 1. The van der Waals surface area contributed by atoms with Gasteiger partial charge in [-0.05, 0) is 42.4 Å². The Balaban J connectivity index is 1.59. The van der Waals surface area contributed by atoms with E-state index in [-0.39, 0.29) is 12.7 Å². The standard InChI is InChI=1S/C18H19ClN2O3/c1-2-21(10-13-6-7-16-17(8-13)24-12-23-16)11-18(22)20-15-5-3-4-14(19)9-15/h3-9H,2,10-12H2,1H3,(H,20,22). The largest absolute Gasteiger partial charge is 0.454 e. The predicted molar refractivity (Wildman–Crippen MR) is 93.6 cm³/mol. The summed E-state index contributed by atoms with van der Waals surface area (Å²) in [5.74, 6) is 1.45. The lowest BCUT2D eigenvalue weighted by molar-refractivity contribution is -0.117. The van der Waals surface area contributed by atoms with Crippen molar-refractivity contribution in [3.05, 3.63) is 53.1 Å². The highest BCUT2D eigenvalue weighted by Gasteiger charge is 2.15. The van der Waals surface area contributed by atoms with Gasteiger partial charge in [-0.25, -0.2) is 0 Å². The van der Waals surface area contributed by atoms with E-state index in [4.69, 9.17) is 21.1 Å². The third-order valence-electron chi connectivity index (χ3n) is 3.77. The molecule has 0 unspecified atom stereocenters. The summed E-state index contributed by atoms with van der Waals surface area (Å²) >= 11 is 5.93. The molecule has 1 aliphatic heterocycles. The van der Waals surface area contributed by atoms with Gasteiger partial charge in [0, 0.05) is 17.3 Å². The van der Waals surface area contributed by atoms with Gasteiger partial charge < -0.3 is 14.8 Å². The number of ether oxygens (including phenoxy) is 2. The smallest absolute Gasteiger partial charge is 0.238 e. The molecule has 0 bridgehead atoms. The molecule has 1 N–H and O–H groups in total. The summed E-state index contributed by atoms with van der Waals surface area (Å²) in [7, 11) is 0. The van der Waals surface area contributed by atoms with Gasteiger partial charge in [0.25, 0.3) is 0 Å². The fourth-order valence-corrected chi connectivity index (χ4v) is 2.74. The van der Waals surface area contributed by atoms with E-state index in [1.54, 1.807) is 12.1 Å². The first kappa shape index (κ1) is 16.6. The summed E-state index contributed by atoms with van der Waals surface area (Å²) < 4.78 is 10.7. The molecule has 0 fully saturated rings. The zero-order valence-electron chi connectivity index (χ0n) is 13.4. The molecule has 6 heteroatoms. The van der Waals surface area contributed by atoms with E-state index in [1.807, 2.05) is 37.3 Å². The summed E-state index contributed by atoms with van der Waals surface area (Å²) in [5, 5.41) is 3.46. The number of nitrogens with zero attached hydrogens (tertiary/aromatic N) is 1. The lowest BCUT2D eigenvalue weighted by Gasteiger charge is -2.20. The number of carbonyl (C=O) groups is 1. The molecule has 0 aromatic heterocycles. The maximum absolute atomic E-state index is 12.2. The maximum atomic E-state index is 12.2. The number of halogens is 1. The number of hydrogen-bond donors (Lipinski definition) is 1. The number of carbonyl (C=O) groups excluding carboxylic acids is 1. The average Bonchev–Trinajstić information content (AvgIpc) is 3.01. The Morgan fingerprint density at radius 2 is 2.04 bits per heavy atom. The third kappa shape index (κ3) is 4.19. The molecular formula is C18H19ClN2O3. The molecule has 0 aliphatic carbocycles. The van der Waals surface area contributed by atoms with Crippen LogP contribution in [0.4, 0.5) is 5.69 Å². The monoisotopic (exact) mass is 346 g/mol. The van der Waals surface area contributed by atoms with Gasteiger partial charge in [-0.3, -0.25) is 9.69 Å². The summed E-state index contributed by atoms with van der Waals surface area (Å²) in [4.78, 5) is 14.3. The third-order valence-corrected chi connectivity index (χ3v) is 4.00. The predicted octanol–water partition coefficient (Wildman–Crippen LogP) is 3.53. The molecule has 1 amide bonds. The van der Waals surface area contributed by atoms with Gasteiger partial charge in [-0.1, -0.05) is 30.7 Å². The van der Waals surface area contributed by atoms with E-state index in [0.717, 1.165) is 23.6 Å². The zero-order chi connectivity index (χ0) is 16.9. The van der Waals surface area contributed by atoms with Gasteiger partial charge >= 0.3 is 0 Å². The first-order valence-electron chi connectivity index (χ1n) is 7.80. The molecule has 0 atom stereocenters. The lowest BCUT2D eigenvalue weighted by atomic mass is 10.2. The van der Waals surface area contributed by atoms with Crippen LogP contribution in [-0.4, -0.2) is 30.7 Å². The fourth-order valence-electron chi connectivity index (χ4n) is 2.55. The molecule has 1 heterocycles. The van der Waals surface area contributed by atoms with Gasteiger partial charge in [0.15, 0.2) is 11.5 Å². The van der Waals surface area contributed by atoms with Crippen molar-refractivity contribution in [2.24, 2.45) is 0 Å². The second kappa shape index (κ2) is 7.55. The maximum Gasteiger partial charge on any atom is 0.238 e. The van der Waals surface area contributed by atoms with Gasteiger partial charge in [-0.2, -0.15) is 0 Å². The lowest BCUT2D eigenvalue weighted by Crippen LogP contribution is -2.32. The first-order chi connectivity index (χ1) is 11.6. The Morgan fingerprint density at radius 1 is 1.21 bits per heavy atom. The quantitative estimate of drug-likeness (QED) is 0.869. The van der Waals surface area contributed by atoms with E-state index in [1.165, 1.54) is 0 Å². The van der Waals surface area contributed by atoms with E-state index >= 15 is 0 Å². The molecule has 3 rings (SSSR count). The molecular weight excluding hydrogens is 328 g/mol. The Kier molecular flexibility index (Phi) is 5.23. The van der Waals surface area contributed by atoms with E-state index < -0.39 is 0 Å². The summed E-state index contributed by atoms with van der Waals surface area (Å²) in [6.45, 7) is 4.02. The molecule has 0 radical (unpaired) electrons. The topological polar surface area (TPSA) is 50.8 Å². The molecule has 1 aliphatic rings. The van der Waals surface area contributed by atoms with Gasteiger partial charge in [0.2, 0.25) is 12.7 Å². The van der Waals surface area contributed by atoms with Crippen LogP contribution in [0.15, 0.2) is 42.5 Å².